The molecule has 0 aliphatic carbocycles. The summed E-state index contributed by atoms with van der Waals surface area (Å²) < 4.78 is 0. The van der Waals surface area contributed by atoms with E-state index in [4.69, 9.17) is 0 Å². The Balaban J connectivity index is 1.44. The maximum Gasteiger partial charge on any atom is 0.323 e. The van der Waals surface area contributed by atoms with Crippen molar-refractivity contribution in [2.45, 2.75) is 31.8 Å². The lowest BCUT2D eigenvalue weighted by Gasteiger charge is -2.32. The summed E-state index contributed by atoms with van der Waals surface area (Å²) in [6.45, 7) is 2.20. The van der Waals surface area contributed by atoms with E-state index in [-0.39, 0.29) is 18.0 Å². The number of carbonyl (C=O) groups is 2. The van der Waals surface area contributed by atoms with Crippen LogP contribution in [0.5, 0.6) is 0 Å². The summed E-state index contributed by atoms with van der Waals surface area (Å²) >= 11 is 0. The van der Waals surface area contributed by atoms with Gasteiger partial charge in [-0.05, 0) is 55.1 Å². The molecule has 2 aliphatic rings. The number of nitrogens with one attached hydrogen (secondary N) is 3. The van der Waals surface area contributed by atoms with Crippen LogP contribution in [0.4, 0.5) is 16.2 Å². The summed E-state index contributed by atoms with van der Waals surface area (Å²) in [6.07, 6.45) is 2.73. The van der Waals surface area contributed by atoms with Crippen molar-refractivity contribution in [3.05, 3.63) is 59.7 Å². The number of fused-ring (bicyclic) bond motifs is 1. The van der Waals surface area contributed by atoms with Crippen LogP contribution in [0.3, 0.4) is 0 Å². The van der Waals surface area contributed by atoms with Gasteiger partial charge in [-0.3, -0.25) is 4.79 Å². The normalized spacial score (nSPS) is 18.7. The van der Waals surface area contributed by atoms with E-state index in [0.717, 1.165) is 48.3 Å². The summed E-state index contributed by atoms with van der Waals surface area (Å²) in [7, 11) is 0. The summed E-state index contributed by atoms with van der Waals surface area (Å²) in [5, 5.41) is 9.07. The molecule has 2 aliphatic heterocycles. The van der Waals surface area contributed by atoms with Crippen molar-refractivity contribution in [3.8, 4) is 0 Å². The number of hydrogen-bond donors (Lipinski definition) is 3. The fourth-order valence-corrected chi connectivity index (χ4v) is 3.84. The molecule has 3 N–H and O–H groups in total. The summed E-state index contributed by atoms with van der Waals surface area (Å²) in [5.74, 6) is 0.193. The van der Waals surface area contributed by atoms with Crippen LogP contribution in [0.2, 0.25) is 0 Å². The third-order valence-electron chi connectivity index (χ3n) is 5.22. The average molecular weight is 364 g/mol. The van der Waals surface area contributed by atoms with Crippen molar-refractivity contribution >= 4 is 23.3 Å². The van der Waals surface area contributed by atoms with Gasteiger partial charge in [-0.2, -0.15) is 0 Å². The van der Waals surface area contributed by atoms with Crippen molar-refractivity contribution in [2.75, 3.05) is 23.7 Å². The van der Waals surface area contributed by atoms with Gasteiger partial charge in [-0.25, -0.2) is 4.79 Å². The monoisotopic (exact) mass is 364 g/mol. The second kappa shape index (κ2) is 7.80. The number of hydrogen-bond acceptors (Lipinski definition) is 3. The Kier molecular flexibility index (Phi) is 5.07. The van der Waals surface area contributed by atoms with Crippen molar-refractivity contribution in [3.63, 3.8) is 0 Å². The molecular weight excluding hydrogens is 340 g/mol. The van der Waals surface area contributed by atoms with Crippen molar-refractivity contribution in [2.24, 2.45) is 0 Å². The van der Waals surface area contributed by atoms with Crippen molar-refractivity contribution < 1.29 is 9.59 Å². The first-order chi connectivity index (χ1) is 13.2. The Labute approximate surface area is 158 Å². The van der Waals surface area contributed by atoms with Gasteiger partial charge in [0.15, 0.2) is 0 Å². The number of carbonyl (C=O) groups excluding carboxylic acids is 2. The van der Waals surface area contributed by atoms with E-state index < -0.39 is 0 Å². The molecule has 6 heteroatoms. The topological polar surface area (TPSA) is 73.5 Å². The predicted molar refractivity (Wildman–Crippen MR) is 106 cm³/mol. The fourth-order valence-electron chi connectivity index (χ4n) is 3.84. The lowest BCUT2D eigenvalue weighted by atomic mass is 9.97. The Morgan fingerprint density at radius 3 is 2.67 bits per heavy atom. The van der Waals surface area contributed by atoms with Crippen LogP contribution in [0.15, 0.2) is 48.5 Å². The molecule has 27 heavy (non-hydrogen) atoms. The van der Waals surface area contributed by atoms with Crippen LogP contribution in [0.1, 0.15) is 24.0 Å². The second-order valence-electron chi connectivity index (χ2n) is 7.05. The minimum Gasteiger partial charge on any atom is -0.337 e. The summed E-state index contributed by atoms with van der Waals surface area (Å²) in [4.78, 5) is 26.9. The zero-order valence-electron chi connectivity index (χ0n) is 15.2. The van der Waals surface area contributed by atoms with Crippen molar-refractivity contribution in [1.82, 2.24) is 10.2 Å². The SMILES string of the molecule is O=C(Nc1ccccc1)Nc1cccc2c1CCN(C(=O)C1CCCN1)C2. The highest BCUT2D eigenvalue weighted by Crippen LogP contribution is 2.27. The molecule has 0 bridgehead atoms. The number of urea groups is 1. The number of nitrogens with zero attached hydrogens (tertiary/aromatic N) is 1. The fraction of sp³-hybridized carbons (Fsp3) is 0.333. The highest BCUT2D eigenvalue weighted by atomic mass is 16.2. The van der Waals surface area contributed by atoms with Gasteiger partial charge in [-0.1, -0.05) is 30.3 Å². The number of anilines is 2. The van der Waals surface area contributed by atoms with Gasteiger partial charge >= 0.3 is 6.03 Å². The van der Waals surface area contributed by atoms with Gasteiger partial charge < -0.3 is 20.9 Å². The first-order valence-electron chi connectivity index (χ1n) is 9.47. The average Bonchev–Trinajstić information content (AvgIpc) is 3.23. The van der Waals surface area contributed by atoms with Crippen LogP contribution < -0.4 is 16.0 Å². The molecule has 4 rings (SSSR count). The van der Waals surface area contributed by atoms with E-state index in [1.165, 1.54) is 0 Å². The molecular formula is C21H24N4O2. The largest absolute Gasteiger partial charge is 0.337 e. The van der Waals surface area contributed by atoms with Crippen molar-refractivity contribution in [1.29, 1.82) is 0 Å². The molecule has 2 heterocycles. The molecule has 6 nitrogen and oxygen atoms in total. The standard InChI is InChI=1S/C21H24N4O2/c26-20(19-10-5-12-22-19)25-13-11-17-15(14-25)6-4-9-18(17)24-21(27)23-16-7-2-1-3-8-16/h1-4,6-9,19,22H,5,10-14H2,(H2,23,24,27). The molecule has 0 radical (unpaired) electrons. The van der Waals surface area contributed by atoms with E-state index in [1.807, 2.05) is 53.4 Å². The summed E-state index contributed by atoms with van der Waals surface area (Å²) in [6, 6.07) is 14.9. The molecule has 1 saturated heterocycles. The second-order valence-corrected chi connectivity index (χ2v) is 7.05. The van der Waals surface area contributed by atoms with E-state index in [2.05, 4.69) is 16.0 Å². The van der Waals surface area contributed by atoms with Gasteiger partial charge in [0.05, 0.1) is 6.04 Å². The van der Waals surface area contributed by atoms with Crippen LogP contribution in [-0.2, 0) is 17.8 Å². The maximum atomic E-state index is 12.7. The Morgan fingerprint density at radius 2 is 1.89 bits per heavy atom. The number of para-hydroxylation sites is 1. The number of rotatable bonds is 3. The minimum atomic E-state index is -0.261. The third-order valence-corrected chi connectivity index (χ3v) is 5.22. The first kappa shape index (κ1) is 17.5. The van der Waals surface area contributed by atoms with Crippen LogP contribution in [-0.4, -0.2) is 36.0 Å². The van der Waals surface area contributed by atoms with Crippen LogP contribution in [0, 0.1) is 0 Å². The van der Waals surface area contributed by atoms with Gasteiger partial charge in [0.1, 0.15) is 0 Å². The number of amides is 3. The van der Waals surface area contributed by atoms with Gasteiger partial charge in [0.2, 0.25) is 5.91 Å². The molecule has 140 valence electrons. The predicted octanol–water partition coefficient (Wildman–Crippen LogP) is 2.97. The van der Waals surface area contributed by atoms with Gasteiger partial charge in [-0.15, -0.1) is 0 Å². The molecule has 1 fully saturated rings. The van der Waals surface area contributed by atoms with Crippen LogP contribution in [0.25, 0.3) is 0 Å². The molecule has 1 unspecified atom stereocenters. The number of benzene rings is 2. The molecule has 1 atom stereocenters. The highest BCUT2D eigenvalue weighted by Gasteiger charge is 2.29. The third kappa shape index (κ3) is 3.95. The Morgan fingerprint density at radius 1 is 1.04 bits per heavy atom. The van der Waals surface area contributed by atoms with E-state index >= 15 is 0 Å². The summed E-state index contributed by atoms with van der Waals surface area (Å²) in [5.41, 5.74) is 3.78. The molecule has 0 saturated carbocycles. The van der Waals surface area contributed by atoms with Crippen LogP contribution >= 0.6 is 0 Å². The molecule has 0 aromatic heterocycles. The van der Waals surface area contributed by atoms with E-state index in [9.17, 15) is 9.59 Å². The Bertz CT molecular complexity index is 831. The highest BCUT2D eigenvalue weighted by molar-refractivity contribution is 6.00. The smallest absolute Gasteiger partial charge is 0.323 e. The lowest BCUT2D eigenvalue weighted by molar-refractivity contribution is -0.134. The van der Waals surface area contributed by atoms with E-state index in [1.54, 1.807) is 0 Å². The zero-order chi connectivity index (χ0) is 18.6. The van der Waals surface area contributed by atoms with Gasteiger partial charge in [0, 0.05) is 24.5 Å². The lowest BCUT2D eigenvalue weighted by Crippen LogP contribution is -2.45. The molecule has 0 spiro atoms. The zero-order valence-corrected chi connectivity index (χ0v) is 15.2. The molecule has 2 aromatic rings. The van der Waals surface area contributed by atoms with E-state index in [0.29, 0.717) is 13.1 Å². The molecule has 2 aromatic carbocycles. The maximum absolute atomic E-state index is 12.7. The minimum absolute atomic E-state index is 0.0375. The molecule has 3 amide bonds. The Hall–Kier alpha value is -2.86. The quantitative estimate of drug-likeness (QED) is 0.784. The first-order valence-corrected chi connectivity index (χ1v) is 9.47. The van der Waals surface area contributed by atoms with Gasteiger partial charge in [0.25, 0.3) is 0 Å².